The smallest absolute Gasteiger partial charge is 0.170 e. The second-order valence-corrected chi connectivity index (χ2v) is 4.57. The summed E-state index contributed by atoms with van der Waals surface area (Å²) in [5.74, 6) is 0.167. The highest BCUT2D eigenvalue weighted by atomic mass is 16.1. The molecule has 0 aliphatic heterocycles. The van der Waals surface area contributed by atoms with Gasteiger partial charge in [0.2, 0.25) is 0 Å². The second-order valence-electron chi connectivity index (χ2n) is 4.57. The molecule has 0 aromatic heterocycles. The minimum atomic E-state index is -0.0319. The molecule has 0 heterocycles. The van der Waals surface area contributed by atoms with Crippen LogP contribution < -0.4 is 5.73 Å². The molecule has 0 saturated carbocycles. The van der Waals surface area contributed by atoms with Gasteiger partial charge in [-0.15, -0.1) is 0 Å². The molecule has 0 radical (unpaired) electrons. The van der Waals surface area contributed by atoms with E-state index in [4.69, 9.17) is 5.73 Å². The third kappa shape index (κ3) is 2.07. The van der Waals surface area contributed by atoms with Crippen molar-refractivity contribution in [2.75, 3.05) is 0 Å². The molecule has 0 amide bonds. The molecule has 0 saturated heterocycles. The van der Waals surface area contributed by atoms with Crippen molar-refractivity contribution in [3.05, 3.63) is 47.0 Å². The summed E-state index contributed by atoms with van der Waals surface area (Å²) in [6.07, 6.45) is 4.61. The molecule has 2 heteroatoms. The molecule has 1 aliphatic carbocycles. The first-order valence-electron chi connectivity index (χ1n) is 5.63. The largest absolute Gasteiger partial charge is 0.324 e. The molecule has 16 heavy (non-hydrogen) atoms. The van der Waals surface area contributed by atoms with E-state index in [-0.39, 0.29) is 17.7 Å². The Morgan fingerprint density at radius 2 is 2.06 bits per heavy atom. The molecule has 1 aromatic carbocycles. The number of carbonyl (C=O) groups is 1. The van der Waals surface area contributed by atoms with Crippen molar-refractivity contribution in [2.45, 2.75) is 26.3 Å². The van der Waals surface area contributed by atoms with Gasteiger partial charge in [-0.3, -0.25) is 4.79 Å². The number of hydrogen-bond acceptors (Lipinski definition) is 2. The molecule has 0 bridgehead atoms. The molecule has 2 atom stereocenters. The fourth-order valence-electron chi connectivity index (χ4n) is 2.12. The highest BCUT2D eigenvalue weighted by molar-refractivity contribution is 6.00. The lowest BCUT2D eigenvalue weighted by atomic mass is 9.92. The van der Waals surface area contributed by atoms with Gasteiger partial charge in [-0.1, -0.05) is 29.8 Å². The van der Waals surface area contributed by atoms with Crippen molar-refractivity contribution in [2.24, 2.45) is 11.7 Å². The van der Waals surface area contributed by atoms with Gasteiger partial charge in [0.05, 0.1) is 0 Å². The van der Waals surface area contributed by atoms with Gasteiger partial charge in [-0.25, -0.2) is 0 Å². The molecule has 1 aromatic rings. The van der Waals surface area contributed by atoms with Crippen molar-refractivity contribution >= 4 is 5.78 Å². The number of nitrogens with two attached hydrogens (primary N) is 1. The molecule has 2 rings (SSSR count). The quantitative estimate of drug-likeness (QED) is 0.608. The summed E-state index contributed by atoms with van der Waals surface area (Å²) in [5, 5.41) is 0. The Bertz CT molecular complexity index is 448. The summed E-state index contributed by atoms with van der Waals surface area (Å²) >= 11 is 0. The van der Waals surface area contributed by atoms with Gasteiger partial charge in [-0.2, -0.15) is 0 Å². The van der Waals surface area contributed by atoms with Crippen molar-refractivity contribution in [1.82, 2.24) is 0 Å². The minimum Gasteiger partial charge on any atom is -0.324 e. The zero-order valence-corrected chi connectivity index (χ0v) is 9.73. The van der Waals surface area contributed by atoms with Crippen LogP contribution in [0.2, 0.25) is 0 Å². The Kier molecular flexibility index (Phi) is 2.92. The maximum absolute atomic E-state index is 12.3. The maximum atomic E-state index is 12.3. The summed E-state index contributed by atoms with van der Waals surface area (Å²) in [6.45, 7) is 3.98. The zero-order valence-electron chi connectivity index (χ0n) is 9.73. The topological polar surface area (TPSA) is 43.1 Å². The number of carbonyl (C=O) groups excluding carboxylic acids is 1. The Hall–Kier alpha value is -1.41. The van der Waals surface area contributed by atoms with E-state index in [1.807, 2.05) is 44.2 Å². The predicted molar refractivity (Wildman–Crippen MR) is 65.5 cm³/mol. The number of Topliss-reactive ketones (excluding diaryl/α,β-unsaturated/α-hetero) is 1. The van der Waals surface area contributed by atoms with Crippen LogP contribution >= 0.6 is 0 Å². The molecule has 2 N–H and O–H groups in total. The number of ketones is 1. The van der Waals surface area contributed by atoms with Crippen LogP contribution in [0.5, 0.6) is 0 Å². The van der Waals surface area contributed by atoms with Crippen LogP contribution in [0.4, 0.5) is 0 Å². The first kappa shape index (κ1) is 11.1. The van der Waals surface area contributed by atoms with Crippen LogP contribution in [-0.4, -0.2) is 11.8 Å². The normalized spacial score (nSPS) is 23.7. The lowest BCUT2D eigenvalue weighted by molar-refractivity contribution is 0.0942. The van der Waals surface area contributed by atoms with Crippen molar-refractivity contribution < 1.29 is 4.79 Å². The number of hydrogen-bond donors (Lipinski definition) is 1. The Balaban J connectivity index is 2.27. The lowest BCUT2D eigenvalue weighted by Gasteiger charge is -2.11. The van der Waals surface area contributed by atoms with Crippen molar-refractivity contribution in [1.29, 1.82) is 0 Å². The van der Waals surface area contributed by atoms with E-state index in [2.05, 4.69) is 0 Å². The third-order valence-corrected chi connectivity index (χ3v) is 3.11. The van der Waals surface area contributed by atoms with Gasteiger partial charge in [0.25, 0.3) is 0 Å². The summed E-state index contributed by atoms with van der Waals surface area (Å²) in [7, 11) is 0. The van der Waals surface area contributed by atoms with E-state index in [0.717, 1.165) is 23.1 Å². The van der Waals surface area contributed by atoms with E-state index in [1.165, 1.54) is 0 Å². The minimum absolute atomic E-state index is 0.0319. The fraction of sp³-hybridized carbons (Fsp3) is 0.357. The standard InChI is InChI=1S/C14H17NO/c1-9-3-4-10(2)13(7-9)14(16)11-5-6-12(15)8-11/h3-7,11-12H,8,15H2,1-2H3. The van der Waals surface area contributed by atoms with Crippen molar-refractivity contribution in [3.63, 3.8) is 0 Å². The van der Waals surface area contributed by atoms with E-state index < -0.39 is 0 Å². The van der Waals surface area contributed by atoms with Crippen LogP contribution in [0.15, 0.2) is 30.4 Å². The highest BCUT2D eigenvalue weighted by Crippen LogP contribution is 2.23. The average Bonchev–Trinajstić information content (AvgIpc) is 2.67. The highest BCUT2D eigenvalue weighted by Gasteiger charge is 2.24. The molecule has 0 fully saturated rings. The molecule has 2 unspecified atom stereocenters. The Morgan fingerprint density at radius 1 is 1.31 bits per heavy atom. The summed E-state index contributed by atoms with van der Waals surface area (Å²) in [6, 6.07) is 6.04. The first-order chi connectivity index (χ1) is 7.58. The number of aryl methyl sites for hydroxylation is 2. The van der Waals surface area contributed by atoms with E-state index in [0.29, 0.717) is 0 Å². The van der Waals surface area contributed by atoms with Crippen LogP contribution in [0.3, 0.4) is 0 Å². The molecule has 2 nitrogen and oxygen atoms in total. The SMILES string of the molecule is Cc1ccc(C)c(C(=O)C2C=CC(N)C2)c1. The van der Waals surface area contributed by atoms with Gasteiger partial charge in [-0.05, 0) is 31.9 Å². The van der Waals surface area contributed by atoms with Gasteiger partial charge in [0, 0.05) is 17.5 Å². The van der Waals surface area contributed by atoms with E-state index in [1.54, 1.807) is 0 Å². The number of benzene rings is 1. The van der Waals surface area contributed by atoms with E-state index in [9.17, 15) is 4.79 Å². The molecule has 1 aliphatic rings. The summed E-state index contributed by atoms with van der Waals surface area (Å²) < 4.78 is 0. The number of allylic oxidation sites excluding steroid dienone is 1. The first-order valence-corrected chi connectivity index (χ1v) is 5.63. The second kappa shape index (κ2) is 4.22. The summed E-state index contributed by atoms with van der Waals surface area (Å²) in [4.78, 5) is 12.3. The van der Waals surface area contributed by atoms with Crippen LogP contribution in [0.25, 0.3) is 0 Å². The molecule has 0 spiro atoms. The zero-order chi connectivity index (χ0) is 11.7. The third-order valence-electron chi connectivity index (χ3n) is 3.11. The van der Waals surface area contributed by atoms with Gasteiger partial charge in [0.1, 0.15) is 0 Å². The lowest BCUT2D eigenvalue weighted by Crippen LogP contribution is -2.19. The average molecular weight is 215 g/mol. The molecular weight excluding hydrogens is 198 g/mol. The molecule has 84 valence electrons. The van der Waals surface area contributed by atoms with Crippen molar-refractivity contribution in [3.8, 4) is 0 Å². The van der Waals surface area contributed by atoms with Gasteiger partial charge < -0.3 is 5.73 Å². The Labute approximate surface area is 96.2 Å². The van der Waals surface area contributed by atoms with E-state index >= 15 is 0 Å². The van der Waals surface area contributed by atoms with Gasteiger partial charge >= 0.3 is 0 Å². The Morgan fingerprint density at radius 3 is 2.69 bits per heavy atom. The monoisotopic (exact) mass is 215 g/mol. The van der Waals surface area contributed by atoms with Gasteiger partial charge in [0.15, 0.2) is 5.78 Å². The van der Waals surface area contributed by atoms with Crippen LogP contribution in [0.1, 0.15) is 27.9 Å². The molecular formula is C14H17NO. The van der Waals surface area contributed by atoms with Crippen LogP contribution in [-0.2, 0) is 0 Å². The summed E-state index contributed by atoms with van der Waals surface area (Å²) in [5.41, 5.74) is 8.78. The predicted octanol–water partition coefficient (Wildman–Crippen LogP) is 2.39. The maximum Gasteiger partial charge on any atom is 0.170 e. The van der Waals surface area contributed by atoms with Crippen LogP contribution in [0, 0.1) is 19.8 Å². The fourth-order valence-corrected chi connectivity index (χ4v) is 2.12. The number of rotatable bonds is 2.